The number of hydrogen-bond acceptors (Lipinski definition) is 6. The summed E-state index contributed by atoms with van der Waals surface area (Å²) in [5.41, 5.74) is 3.41. The molecule has 2 aromatic carbocycles. The second-order valence-corrected chi connectivity index (χ2v) is 10.0. The number of alkyl halides is 2. The molecule has 0 aliphatic carbocycles. The van der Waals surface area contributed by atoms with Crippen molar-refractivity contribution in [3.63, 3.8) is 0 Å². The number of hydrogen-bond donors (Lipinski definition) is 1. The van der Waals surface area contributed by atoms with Crippen LogP contribution in [0, 0.1) is 13.8 Å². The second-order valence-electron chi connectivity index (χ2n) is 10.0. The molecule has 1 heterocycles. The van der Waals surface area contributed by atoms with Gasteiger partial charge in [0.1, 0.15) is 11.5 Å². The van der Waals surface area contributed by atoms with Crippen LogP contribution >= 0.6 is 0 Å². The quantitative estimate of drug-likeness (QED) is 0.263. The van der Waals surface area contributed by atoms with Crippen LogP contribution in [0.2, 0.25) is 0 Å². The highest BCUT2D eigenvalue weighted by atomic mass is 19.3. The molecule has 7 nitrogen and oxygen atoms in total. The number of aromatic nitrogens is 2. The third-order valence-electron chi connectivity index (χ3n) is 6.71. The number of ether oxygens (including phenoxy) is 2. The molecule has 0 atom stereocenters. The van der Waals surface area contributed by atoms with Crippen molar-refractivity contribution < 1.29 is 28.2 Å². The van der Waals surface area contributed by atoms with Gasteiger partial charge in [-0.2, -0.15) is 8.78 Å². The number of nitrogens with zero attached hydrogens (tertiary/aromatic N) is 3. The average Bonchev–Trinajstić information content (AvgIpc) is 2.90. The molecule has 3 rings (SSSR count). The summed E-state index contributed by atoms with van der Waals surface area (Å²) in [6, 6.07) is 10.4. The van der Waals surface area contributed by atoms with Gasteiger partial charge in [-0.3, -0.25) is 0 Å². The molecule has 1 N–H and O–H groups in total. The first-order valence-corrected chi connectivity index (χ1v) is 13.1. The fraction of sp³-hybridized carbons (Fsp3) is 0.433. The maximum absolute atomic E-state index is 13.8. The fourth-order valence-electron chi connectivity index (χ4n) is 3.92. The third-order valence-corrected chi connectivity index (χ3v) is 6.71. The van der Waals surface area contributed by atoms with E-state index in [1.54, 1.807) is 30.6 Å². The standard InChI is InChI=1S/C30H37F2N3O4/c1-7-22-17-33-28(34-18-22)35(19-23-10-9-11-25(16-23)38-30(31,32)8-2)15-14-24-12-13-26(21(4)20(24)3)39-29(5,6)27(36)37/h9-13,16-18H,7-8,14-15,19H2,1-6H3,(H,36,37). The minimum absolute atomic E-state index is 0.105. The van der Waals surface area contributed by atoms with Gasteiger partial charge in [0.25, 0.3) is 0 Å². The van der Waals surface area contributed by atoms with Crippen molar-refractivity contribution in [3.05, 3.63) is 76.6 Å². The number of carboxylic acid groups (broad SMARTS) is 1. The predicted molar refractivity (Wildman–Crippen MR) is 147 cm³/mol. The van der Waals surface area contributed by atoms with Gasteiger partial charge < -0.3 is 19.5 Å². The smallest absolute Gasteiger partial charge is 0.397 e. The van der Waals surface area contributed by atoms with E-state index in [4.69, 9.17) is 9.47 Å². The van der Waals surface area contributed by atoms with Crippen LogP contribution in [0.5, 0.6) is 11.5 Å². The van der Waals surface area contributed by atoms with E-state index >= 15 is 0 Å². The fourth-order valence-corrected chi connectivity index (χ4v) is 3.92. The molecule has 0 aliphatic rings. The summed E-state index contributed by atoms with van der Waals surface area (Å²) in [5.74, 6) is 0.128. The zero-order chi connectivity index (χ0) is 28.8. The van der Waals surface area contributed by atoms with Crippen LogP contribution < -0.4 is 14.4 Å². The van der Waals surface area contributed by atoms with Crippen molar-refractivity contribution >= 4 is 11.9 Å². The van der Waals surface area contributed by atoms with Gasteiger partial charge in [-0.1, -0.05) is 32.0 Å². The minimum atomic E-state index is -3.23. The molecule has 0 saturated heterocycles. The first-order chi connectivity index (χ1) is 18.3. The number of carbonyl (C=O) groups is 1. The van der Waals surface area contributed by atoms with Gasteiger partial charge in [-0.05, 0) is 86.6 Å². The van der Waals surface area contributed by atoms with Crippen molar-refractivity contribution in [3.8, 4) is 11.5 Å². The number of aliphatic carboxylic acids is 1. The Labute approximate surface area is 228 Å². The summed E-state index contributed by atoms with van der Waals surface area (Å²) >= 11 is 0. The number of anilines is 1. The number of carboxylic acids is 1. The predicted octanol–water partition coefficient (Wildman–Crippen LogP) is 6.53. The minimum Gasteiger partial charge on any atom is -0.478 e. The topological polar surface area (TPSA) is 84.8 Å². The molecule has 0 saturated carbocycles. The van der Waals surface area contributed by atoms with Crippen LogP contribution in [-0.2, 0) is 24.2 Å². The Morgan fingerprint density at radius 1 is 1.00 bits per heavy atom. The van der Waals surface area contributed by atoms with Crippen LogP contribution in [0.1, 0.15) is 61.9 Å². The summed E-state index contributed by atoms with van der Waals surface area (Å²) in [7, 11) is 0. The Hall–Kier alpha value is -3.75. The monoisotopic (exact) mass is 541 g/mol. The van der Waals surface area contributed by atoms with E-state index in [0.29, 0.717) is 31.2 Å². The second kappa shape index (κ2) is 12.4. The highest BCUT2D eigenvalue weighted by molar-refractivity contribution is 5.76. The van der Waals surface area contributed by atoms with E-state index in [1.807, 2.05) is 37.8 Å². The molecule has 0 amide bonds. The van der Waals surface area contributed by atoms with Crippen molar-refractivity contribution in [1.29, 1.82) is 0 Å². The molecule has 0 aliphatic heterocycles. The van der Waals surface area contributed by atoms with Gasteiger partial charge in [0, 0.05) is 31.9 Å². The average molecular weight is 542 g/mol. The zero-order valence-electron chi connectivity index (χ0n) is 23.4. The molecule has 39 heavy (non-hydrogen) atoms. The van der Waals surface area contributed by atoms with Crippen molar-refractivity contribution in [2.75, 3.05) is 11.4 Å². The number of aryl methyl sites for hydroxylation is 1. The van der Waals surface area contributed by atoms with E-state index in [9.17, 15) is 18.7 Å². The van der Waals surface area contributed by atoms with Gasteiger partial charge in [-0.15, -0.1) is 0 Å². The zero-order valence-corrected chi connectivity index (χ0v) is 23.4. The Morgan fingerprint density at radius 3 is 2.31 bits per heavy atom. The van der Waals surface area contributed by atoms with Crippen LogP contribution in [0.25, 0.3) is 0 Å². The summed E-state index contributed by atoms with van der Waals surface area (Å²) < 4.78 is 38.3. The van der Waals surface area contributed by atoms with Crippen molar-refractivity contribution in [1.82, 2.24) is 9.97 Å². The van der Waals surface area contributed by atoms with E-state index in [-0.39, 0.29) is 5.75 Å². The van der Waals surface area contributed by atoms with Gasteiger partial charge in [-0.25, -0.2) is 14.8 Å². The lowest BCUT2D eigenvalue weighted by Crippen LogP contribution is -2.38. The molecule has 1 aromatic heterocycles. The van der Waals surface area contributed by atoms with Gasteiger partial charge >= 0.3 is 12.1 Å². The first kappa shape index (κ1) is 29.8. The molecule has 0 bridgehead atoms. The lowest BCUT2D eigenvalue weighted by atomic mass is 9.99. The summed E-state index contributed by atoms with van der Waals surface area (Å²) in [6.07, 6.45) is 1.40. The SMILES string of the molecule is CCc1cnc(N(CCc2ccc(OC(C)(C)C(=O)O)c(C)c2C)Cc2cccc(OC(F)(F)CC)c2)nc1. The summed E-state index contributed by atoms with van der Waals surface area (Å²) in [5, 5.41) is 9.42. The normalized spacial score (nSPS) is 11.8. The van der Waals surface area contributed by atoms with Crippen LogP contribution in [0.15, 0.2) is 48.8 Å². The first-order valence-electron chi connectivity index (χ1n) is 13.1. The largest absolute Gasteiger partial charge is 0.478 e. The van der Waals surface area contributed by atoms with Gasteiger partial charge in [0.15, 0.2) is 5.60 Å². The number of benzene rings is 2. The third kappa shape index (κ3) is 7.88. The molecule has 9 heteroatoms. The van der Waals surface area contributed by atoms with Crippen LogP contribution in [0.3, 0.4) is 0 Å². The van der Waals surface area contributed by atoms with E-state index < -0.39 is 24.1 Å². The maximum Gasteiger partial charge on any atom is 0.397 e. The molecular weight excluding hydrogens is 504 g/mol. The van der Waals surface area contributed by atoms with Crippen molar-refractivity contribution in [2.45, 2.75) is 79.1 Å². The Bertz CT molecular complexity index is 1280. The molecular formula is C30H37F2N3O4. The Morgan fingerprint density at radius 2 is 1.69 bits per heavy atom. The maximum atomic E-state index is 13.8. The van der Waals surface area contributed by atoms with Gasteiger partial charge in [0.05, 0.1) is 0 Å². The summed E-state index contributed by atoms with van der Waals surface area (Å²) in [6.45, 7) is 11.3. The molecule has 210 valence electrons. The molecule has 3 aromatic rings. The lowest BCUT2D eigenvalue weighted by molar-refractivity contribution is -0.177. The lowest BCUT2D eigenvalue weighted by Gasteiger charge is -2.26. The number of rotatable bonds is 13. The highest BCUT2D eigenvalue weighted by Crippen LogP contribution is 2.29. The van der Waals surface area contributed by atoms with Gasteiger partial charge in [0.2, 0.25) is 5.95 Å². The van der Waals surface area contributed by atoms with E-state index in [0.717, 1.165) is 34.2 Å². The highest BCUT2D eigenvalue weighted by Gasteiger charge is 2.30. The summed E-state index contributed by atoms with van der Waals surface area (Å²) in [4.78, 5) is 22.6. The Kier molecular flexibility index (Phi) is 9.48. The van der Waals surface area contributed by atoms with E-state index in [1.165, 1.54) is 26.8 Å². The molecule has 0 unspecified atom stereocenters. The van der Waals surface area contributed by atoms with Crippen LogP contribution in [-0.4, -0.2) is 39.3 Å². The van der Waals surface area contributed by atoms with E-state index in [2.05, 4.69) is 9.97 Å². The van der Waals surface area contributed by atoms with Crippen molar-refractivity contribution in [2.24, 2.45) is 0 Å². The van der Waals surface area contributed by atoms with Crippen LogP contribution in [0.4, 0.5) is 14.7 Å². The Balaban J connectivity index is 1.84. The molecule has 0 radical (unpaired) electrons. The number of halogens is 2. The molecule has 0 fully saturated rings. The molecule has 0 spiro atoms.